The third kappa shape index (κ3) is 7.54. The van der Waals surface area contributed by atoms with Gasteiger partial charge in [-0.15, -0.1) is 0 Å². The molecule has 0 aromatic carbocycles. The van der Waals surface area contributed by atoms with E-state index < -0.39 is 17.8 Å². The minimum absolute atomic E-state index is 0.0392. The number of primary amides is 1. The van der Waals surface area contributed by atoms with Crippen molar-refractivity contribution in [3.8, 4) is 0 Å². The molecule has 1 fully saturated rings. The van der Waals surface area contributed by atoms with Gasteiger partial charge < -0.3 is 27.2 Å². The standard InChI is InChI=1S/C18H32N4O5/c1-3-11(16(20)24)6-14(21-9-23)8-13(19)5-12(18(26)27)7-15-4-10(2)17(25)22-15/h9-15H,3-8,19H2,1-2H3,(H2,20,24)(H,21,23)(H,22,25)(H,26,27)/p+1. The van der Waals surface area contributed by atoms with Gasteiger partial charge in [0.1, 0.15) is 0 Å². The highest BCUT2D eigenvalue weighted by atomic mass is 16.4. The third-order valence-corrected chi connectivity index (χ3v) is 5.35. The summed E-state index contributed by atoms with van der Waals surface area (Å²) in [6, 6.07) is -0.643. The lowest BCUT2D eigenvalue weighted by molar-refractivity contribution is -0.425. The number of amides is 3. The molecule has 27 heavy (non-hydrogen) atoms. The van der Waals surface area contributed by atoms with E-state index in [2.05, 4.69) is 16.4 Å². The Hall–Kier alpha value is -2.16. The Morgan fingerprint density at radius 2 is 2.04 bits per heavy atom. The van der Waals surface area contributed by atoms with Gasteiger partial charge in [-0.2, -0.15) is 0 Å². The number of nitrogens with one attached hydrogen (secondary N) is 2. The lowest BCUT2D eigenvalue weighted by Crippen LogP contribution is -2.63. The highest BCUT2D eigenvalue weighted by molar-refractivity contribution is 5.81. The normalized spacial score (nSPS) is 23.7. The second kappa shape index (κ2) is 10.9. The molecular formula is C18H33N4O5+. The van der Waals surface area contributed by atoms with Crippen LogP contribution in [-0.4, -0.2) is 47.4 Å². The number of nitrogens with two attached hydrogens (primary N) is 1. The second-order valence-corrected chi connectivity index (χ2v) is 7.68. The minimum Gasteiger partial charge on any atom is -0.481 e. The van der Waals surface area contributed by atoms with Crippen molar-refractivity contribution in [2.75, 3.05) is 0 Å². The molecule has 1 aliphatic heterocycles. The summed E-state index contributed by atoms with van der Waals surface area (Å²) in [7, 11) is 0. The van der Waals surface area contributed by atoms with Gasteiger partial charge in [-0.25, -0.2) is 0 Å². The van der Waals surface area contributed by atoms with Crippen LogP contribution in [0.25, 0.3) is 0 Å². The Labute approximate surface area is 159 Å². The average Bonchev–Trinajstić information content (AvgIpc) is 2.89. The first-order chi connectivity index (χ1) is 12.7. The second-order valence-electron chi connectivity index (χ2n) is 7.68. The van der Waals surface area contributed by atoms with E-state index in [9.17, 15) is 24.3 Å². The van der Waals surface area contributed by atoms with Crippen molar-refractivity contribution in [1.29, 1.82) is 0 Å². The molecule has 8 N–H and O–H groups in total. The minimum atomic E-state index is -0.916. The summed E-state index contributed by atoms with van der Waals surface area (Å²) in [5, 5.41) is 15.1. The number of rotatable bonds is 13. The summed E-state index contributed by atoms with van der Waals surface area (Å²) < 4.78 is 0. The fourth-order valence-corrected chi connectivity index (χ4v) is 3.79. The van der Waals surface area contributed by atoms with E-state index in [1.54, 1.807) is 0 Å². The van der Waals surface area contributed by atoms with Crippen LogP contribution >= 0.6 is 0 Å². The fraction of sp³-hybridized carbons (Fsp3) is 0.778. The molecular weight excluding hydrogens is 352 g/mol. The van der Waals surface area contributed by atoms with Gasteiger partial charge in [0.25, 0.3) is 0 Å². The summed E-state index contributed by atoms with van der Waals surface area (Å²) >= 11 is 0. The topological polar surface area (TPSA) is 166 Å². The predicted octanol–water partition coefficient (Wildman–Crippen LogP) is -0.991. The van der Waals surface area contributed by atoms with Crippen molar-refractivity contribution in [3.05, 3.63) is 0 Å². The van der Waals surface area contributed by atoms with Crippen LogP contribution in [0.5, 0.6) is 0 Å². The molecule has 6 atom stereocenters. The fourth-order valence-electron chi connectivity index (χ4n) is 3.79. The van der Waals surface area contributed by atoms with E-state index >= 15 is 0 Å². The van der Waals surface area contributed by atoms with Crippen LogP contribution in [0.3, 0.4) is 0 Å². The highest BCUT2D eigenvalue weighted by Crippen LogP contribution is 2.24. The molecule has 1 rings (SSSR count). The van der Waals surface area contributed by atoms with Gasteiger partial charge in [-0.3, -0.25) is 19.2 Å². The van der Waals surface area contributed by atoms with Crippen molar-refractivity contribution in [2.45, 2.75) is 70.5 Å². The van der Waals surface area contributed by atoms with Gasteiger partial charge in [0, 0.05) is 36.8 Å². The molecule has 0 aromatic heterocycles. The van der Waals surface area contributed by atoms with E-state index in [0.29, 0.717) is 44.9 Å². The highest BCUT2D eigenvalue weighted by Gasteiger charge is 2.34. The molecule has 0 aromatic rings. The maximum Gasteiger partial charge on any atom is 0.306 e. The average molecular weight is 385 g/mol. The zero-order valence-corrected chi connectivity index (χ0v) is 16.1. The smallest absolute Gasteiger partial charge is 0.306 e. The number of carbonyl (C=O) groups is 4. The van der Waals surface area contributed by atoms with E-state index in [0.717, 1.165) is 0 Å². The first-order valence-corrected chi connectivity index (χ1v) is 9.53. The number of carbonyl (C=O) groups excluding carboxylic acids is 3. The van der Waals surface area contributed by atoms with Gasteiger partial charge >= 0.3 is 5.97 Å². The number of carboxylic acid groups (broad SMARTS) is 1. The number of aliphatic carboxylic acids is 1. The van der Waals surface area contributed by atoms with E-state index in [-0.39, 0.29) is 35.9 Å². The van der Waals surface area contributed by atoms with E-state index in [4.69, 9.17) is 5.73 Å². The van der Waals surface area contributed by atoms with Gasteiger partial charge in [-0.05, 0) is 25.7 Å². The van der Waals surface area contributed by atoms with E-state index in [1.807, 2.05) is 13.8 Å². The third-order valence-electron chi connectivity index (χ3n) is 5.35. The molecule has 154 valence electrons. The van der Waals surface area contributed by atoms with Crippen LogP contribution in [0.15, 0.2) is 0 Å². The van der Waals surface area contributed by atoms with Gasteiger partial charge in [-0.1, -0.05) is 13.8 Å². The zero-order chi connectivity index (χ0) is 20.6. The Balaban J connectivity index is 2.63. The monoisotopic (exact) mass is 385 g/mol. The number of hydrogen-bond donors (Lipinski definition) is 5. The molecule has 6 unspecified atom stereocenters. The van der Waals surface area contributed by atoms with Crippen LogP contribution in [0.2, 0.25) is 0 Å². The molecule has 1 saturated heterocycles. The summed E-state index contributed by atoms with van der Waals surface area (Å²) in [6.07, 6.45) is 3.35. The zero-order valence-electron chi connectivity index (χ0n) is 16.1. The number of quaternary nitrogens is 1. The maximum absolute atomic E-state index is 11.6. The molecule has 1 heterocycles. The molecule has 1 aliphatic rings. The SMILES string of the molecule is CCC(CC(CC([NH3+])CC(CC1CC(C)C(=O)N1)C(=O)O)NC=O)C(N)=O. The van der Waals surface area contributed by atoms with Gasteiger partial charge in [0.15, 0.2) is 0 Å². The Morgan fingerprint density at radius 3 is 2.48 bits per heavy atom. The molecule has 0 saturated carbocycles. The molecule has 0 radical (unpaired) electrons. The molecule has 9 nitrogen and oxygen atoms in total. The quantitative estimate of drug-likeness (QED) is 0.256. The summed E-state index contributed by atoms with van der Waals surface area (Å²) in [5.41, 5.74) is 9.42. The van der Waals surface area contributed by atoms with Crippen molar-refractivity contribution >= 4 is 24.2 Å². The van der Waals surface area contributed by atoms with Gasteiger partial charge in [0.2, 0.25) is 18.2 Å². The van der Waals surface area contributed by atoms with Crippen LogP contribution in [0, 0.1) is 17.8 Å². The predicted molar refractivity (Wildman–Crippen MR) is 97.9 cm³/mol. The Morgan fingerprint density at radius 1 is 1.37 bits per heavy atom. The Bertz CT molecular complexity index is 542. The lowest BCUT2D eigenvalue weighted by atomic mass is 9.87. The molecule has 9 heteroatoms. The van der Waals surface area contributed by atoms with Crippen molar-refractivity contribution < 1.29 is 30.0 Å². The van der Waals surface area contributed by atoms with Crippen molar-refractivity contribution in [2.24, 2.45) is 23.5 Å². The number of carboxylic acids is 1. The maximum atomic E-state index is 11.6. The largest absolute Gasteiger partial charge is 0.481 e. The van der Waals surface area contributed by atoms with Crippen LogP contribution in [0.4, 0.5) is 0 Å². The molecule has 0 aliphatic carbocycles. The summed E-state index contributed by atoms with van der Waals surface area (Å²) in [5.74, 6) is -2.44. The summed E-state index contributed by atoms with van der Waals surface area (Å²) in [6.45, 7) is 3.68. The molecule has 3 amide bonds. The first kappa shape index (κ1) is 22.9. The van der Waals surface area contributed by atoms with Crippen molar-refractivity contribution in [1.82, 2.24) is 10.6 Å². The van der Waals surface area contributed by atoms with Gasteiger partial charge in [0.05, 0.1) is 12.0 Å². The van der Waals surface area contributed by atoms with Crippen LogP contribution in [0.1, 0.15) is 52.4 Å². The first-order valence-electron chi connectivity index (χ1n) is 9.53. The van der Waals surface area contributed by atoms with Crippen LogP contribution < -0.4 is 22.1 Å². The molecule has 0 spiro atoms. The van der Waals surface area contributed by atoms with E-state index in [1.165, 1.54) is 0 Å². The Kier molecular flexibility index (Phi) is 9.20. The van der Waals surface area contributed by atoms with Crippen LogP contribution in [-0.2, 0) is 19.2 Å². The number of hydrogen-bond acceptors (Lipinski definition) is 4. The molecule has 0 bridgehead atoms. The van der Waals surface area contributed by atoms with Crippen molar-refractivity contribution in [3.63, 3.8) is 0 Å². The summed E-state index contributed by atoms with van der Waals surface area (Å²) in [4.78, 5) is 45.6. The lowest BCUT2D eigenvalue weighted by Gasteiger charge is -2.24.